The van der Waals surface area contributed by atoms with Crippen molar-refractivity contribution in [1.82, 2.24) is 0 Å². The van der Waals surface area contributed by atoms with Gasteiger partial charge in [-0.3, -0.25) is 4.79 Å². The van der Waals surface area contributed by atoms with Gasteiger partial charge < -0.3 is 14.6 Å². The summed E-state index contributed by atoms with van der Waals surface area (Å²) in [6.07, 6.45) is 6.84. The number of hydrogen-bond acceptors (Lipinski definition) is 5. The zero-order valence-electron chi connectivity index (χ0n) is 16.2. The van der Waals surface area contributed by atoms with Crippen LogP contribution in [0.2, 0.25) is 0 Å². The summed E-state index contributed by atoms with van der Waals surface area (Å²) in [5, 5.41) is 11.1. The van der Waals surface area contributed by atoms with E-state index >= 15 is 0 Å². The molecule has 0 amide bonds. The molecule has 1 aliphatic heterocycles. The van der Waals surface area contributed by atoms with Gasteiger partial charge in [0.15, 0.2) is 0 Å². The Morgan fingerprint density at radius 1 is 1.31 bits per heavy atom. The van der Waals surface area contributed by atoms with Gasteiger partial charge in [0.2, 0.25) is 5.79 Å². The average molecular weight is 362 g/mol. The summed E-state index contributed by atoms with van der Waals surface area (Å²) in [6.45, 7) is 6.46. The quantitative estimate of drug-likeness (QED) is 0.725. The Hall–Kier alpha value is -1.36. The van der Waals surface area contributed by atoms with E-state index in [4.69, 9.17) is 9.47 Å². The van der Waals surface area contributed by atoms with E-state index in [-0.39, 0.29) is 29.1 Å². The van der Waals surface area contributed by atoms with Crippen LogP contribution >= 0.6 is 0 Å². The number of hydrogen-bond donors (Lipinski definition) is 1. The Labute approximate surface area is 155 Å². The molecule has 3 fully saturated rings. The van der Waals surface area contributed by atoms with Gasteiger partial charge in [-0.05, 0) is 61.7 Å². The number of aliphatic hydroxyl groups is 1. The molecule has 3 aliphatic carbocycles. The Morgan fingerprint density at radius 2 is 2.04 bits per heavy atom. The van der Waals surface area contributed by atoms with Crippen LogP contribution in [0.15, 0.2) is 11.6 Å². The van der Waals surface area contributed by atoms with Crippen molar-refractivity contribution in [2.75, 3.05) is 7.11 Å². The van der Waals surface area contributed by atoms with E-state index in [2.05, 4.69) is 20.8 Å². The molecule has 0 bridgehead atoms. The molecule has 7 unspecified atom stereocenters. The van der Waals surface area contributed by atoms with Crippen molar-refractivity contribution < 1.29 is 24.2 Å². The van der Waals surface area contributed by atoms with E-state index < -0.39 is 17.2 Å². The van der Waals surface area contributed by atoms with Crippen LogP contribution in [0.1, 0.15) is 59.3 Å². The molecule has 5 heteroatoms. The van der Waals surface area contributed by atoms with E-state index in [9.17, 15) is 14.7 Å². The molecule has 5 nitrogen and oxygen atoms in total. The van der Waals surface area contributed by atoms with Gasteiger partial charge in [-0.2, -0.15) is 0 Å². The summed E-state index contributed by atoms with van der Waals surface area (Å²) in [6, 6.07) is 0. The summed E-state index contributed by atoms with van der Waals surface area (Å²) in [7, 11) is 1.48. The lowest BCUT2D eigenvalue weighted by molar-refractivity contribution is -0.222. The average Bonchev–Trinajstić information content (AvgIpc) is 2.89. The molecule has 4 rings (SSSR count). The van der Waals surface area contributed by atoms with Gasteiger partial charge in [-0.15, -0.1) is 0 Å². The van der Waals surface area contributed by atoms with Crippen molar-refractivity contribution >= 4 is 11.9 Å². The van der Waals surface area contributed by atoms with Gasteiger partial charge >= 0.3 is 11.9 Å². The maximum atomic E-state index is 12.6. The molecular formula is C21H30O5. The number of methoxy groups -OCH3 is 1. The molecule has 26 heavy (non-hydrogen) atoms. The minimum atomic E-state index is -1.46. The molecule has 144 valence electrons. The number of esters is 2. The highest BCUT2D eigenvalue weighted by molar-refractivity contribution is 5.86. The second-order valence-corrected chi connectivity index (χ2v) is 9.47. The lowest BCUT2D eigenvalue weighted by atomic mass is 9.42. The molecule has 0 aromatic heterocycles. The first-order valence-electron chi connectivity index (χ1n) is 9.91. The van der Waals surface area contributed by atoms with Crippen LogP contribution in [0.3, 0.4) is 0 Å². The highest BCUT2D eigenvalue weighted by atomic mass is 16.7. The summed E-state index contributed by atoms with van der Waals surface area (Å²) in [4.78, 5) is 24.5. The maximum Gasteiger partial charge on any atom is 0.333 e. The van der Waals surface area contributed by atoms with Crippen molar-refractivity contribution in [3.8, 4) is 0 Å². The predicted molar refractivity (Wildman–Crippen MR) is 94.7 cm³/mol. The second-order valence-electron chi connectivity index (χ2n) is 9.47. The van der Waals surface area contributed by atoms with Crippen LogP contribution < -0.4 is 0 Å². The summed E-state index contributed by atoms with van der Waals surface area (Å²) in [5.74, 6) is -1.00. The van der Waals surface area contributed by atoms with E-state index in [1.807, 2.05) is 0 Å². The van der Waals surface area contributed by atoms with Crippen molar-refractivity contribution in [3.05, 3.63) is 11.6 Å². The molecule has 0 radical (unpaired) electrons. The minimum Gasteiger partial charge on any atom is -0.469 e. The van der Waals surface area contributed by atoms with Gasteiger partial charge in [0.1, 0.15) is 0 Å². The van der Waals surface area contributed by atoms with Crippen molar-refractivity contribution in [1.29, 1.82) is 0 Å². The summed E-state index contributed by atoms with van der Waals surface area (Å²) < 4.78 is 10.5. The van der Waals surface area contributed by atoms with E-state index in [1.165, 1.54) is 13.2 Å². The molecule has 1 N–H and O–H groups in total. The van der Waals surface area contributed by atoms with Crippen LogP contribution in [-0.2, 0) is 19.1 Å². The predicted octanol–water partition coefficient (Wildman–Crippen LogP) is 3.21. The Bertz CT molecular complexity index is 684. The topological polar surface area (TPSA) is 72.8 Å². The molecule has 0 spiro atoms. The highest BCUT2D eigenvalue weighted by Gasteiger charge is 2.64. The second kappa shape index (κ2) is 5.57. The summed E-state index contributed by atoms with van der Waals surface area (Å²) >= 11 is 0. The fraction of sp³-hybridized carbons (Fsp3) is 0.810. The van der Waals surface area contributed by atoms with E-state index in [0.717, 1.165) is 37.7 Å². The van der Waals surface area contributed by atoms with Crippen molar-refractivity contribution in [2.45, 2.75) is 65.1 Å². The van der Waals surface area contributed by atoms with Crippen LogP contribution in [0, 0.1) is 34.5 Å². The molecule has 3 saturated carbocycles. The lowest BCUT2D eigenvalue weighted by Crippen LogP contribution is -2.59. The molecule has 4 aliphatic rings. The highest BCUT2D eigenvalue weighted by Crippen LogP contribution is 2.66. The largest absolute Gasteiger partial charge is 0.469 e. The summed E-state index contributed by atoms with van der Waals surface area (Å²) in [5.41, 5.74) is 0.215. The molecule has 0 aromatic carbocycles. The van der Waals surface area contributed by atoms with Gasteiger partial charge in [0.25, 0.3) is 0 Å². The van der Waals surface area contributed by atoms with Gasteiger partial charge in [0, 0.05) is 18.1 Å². The zero-order chi connectivity index (χ0) is 18.9. The third-order valence-electron chi connectivity index (χ3n) is 8.40. The van der Waals surface area contributed by atoms with Crippen LogP contribution in [0.4, 0.5) is 0 Å². The fourth-order valence-corrected chi connectivity index (χ4v) is 7.18. The fourth-order valence-electron chi connectivity index (χ4n) is 7.18. The number of rotatable bonds is 1. The Morgan fingerprint density at radius 3 is 2.73 bits per heavy atom. The molecule has 7 atom stereocenters. The van der Waals surface area contributed by atoms with E-state index in [0.29, 0.717) is 12.3 Å². The smallest absolute Gasteiger partial charge is 0.333 e. The van der Waals surface area contributed by atoms with Crippen molar-refractivity contribution in [2.24, 2.45) is 34.5 Å². The number of ether oxygens (including phenoxy) is 2. The zero-order valence-corrected chi connectivity index (χ0v) is 16.2. The van der Waals surface area contributed by atoms with Crippen LogP contribution in [0.25, 0.3) is 0 Å². The number of fused-ring (bicyclic) bond motifs is 4. The van der Waals surface area contributed by atoms with Gasteiger partial charge in [0.05, 0.1) is 12.5 Å². The lowest BCUT2D eigenvalue weighted by Gasteiger charge is -2.62. The van der Waals surface area contributed by atoms with Crippen molar-refractivity contribution in [3.63, 3.8) is 0 Å². The van der Waals surface area contributed by atoms with Crippen LogP contribution in [-0.4, -0.2) is 29.9 Å². The SMILES string of the molecule is COC(=O)C1(C)CCCC2(C)C3CC4(O)OC(=O)C=C4C(C)C3CCC12. The van der Waals surface area contributed by atoms with Crippen LogP contribution in [0.5, 0.6) is 0 Å². The van der Waals surface area contributed by atoms with Gasteiger partial charge in [-0.25, -0.2) is 4.79 Å². The Balaban J connectivity index is 1.73. The van der Waals surface area contributed by atoms with E-state index in [1.54, 1.807) is 0 Å². The first-order chi connectivity index (χ1) is 12.2. The number of carbonyl (C=O) groups is 2. The molecule has 0 aromatic rings. The normalized spacial score (nSPS) is 50.0. The number of carbonyl (C=O) groups excluding carboxylic acids is 2. The van der Waals surface area contributed by atoms with Gasteiger partial charge in [-0.1, -0.05) is 20.3 Å². The Kier molecular flexibility index (Phi) is 3.86. The maximum absolute atomic E-state index is 12.6. The first-order valence-corrected chi connectivity index (χ1v) is 9.91. The monoisotopic (exact) mass is 362 g/mol. The third kappa shape index (κ3) is 2.19. The molecular weight excluding hydrogens is 332 g/mol. The minimum absolute atomic E-state index is 0.0609. The third-order valence-corrected chi connectivity index (χ3v) is 8.40. The molecule has 0 saturated heterocycles. The standard InChI is InChI=1S/C21H30O5/c1-12-13-6-7-16-19(2,8-5-9-20(16,3)18(23)25-4)15(13)11-21(24)14(12)10-17(22)26-21/h10,12-13,15-16,24H,5-9,11H2,1-4H3. The molecule has 1 heterocycles. The first kappa shape index (κ1) is 18.0.